The zero-order valence-corrected chi connectivity index (χ0v) is 15.2. The summed E-state index contributed by atoms with van der Waals surface area (Å²) in [7, 11) is 0. The summed E-state index contributed by atoms with van der Waals surface area (Å²) in [5, 5.41) is 3.43. The van der Waals surface area contributed by atoms with E-state index in [2.05, 4.69) is 27.4 Å². The SMILES string of the molecule is Cc1ncc(CC2=C3NC(=NC4CCN(CCN)CC4)N=C3CC=C2)o1. The predicted octanol–water partition coefficient (Wildman–Crippen LogP) is 1.56. The molecule has 0 aromatic carbocycles. The van der Waals surface area contributed by atoms with E-state index in [9.17, 15) is 0 Å². The van der Waals surface area contributed by atoms with Gasteiger partial charge in [-0.05, 0) is 18.4 Å². The number of likely N-dealkylation sites (tertiary alicyclic amines) is 1. The van der Waals surface area contributed by atoms with Crippen LogP contribution in [0.2, 0.25) is 0 Å². The summed E-state index contributed by atoms with van der Waals surface area (Å²) in [5.74, 6) is 2.32. The van der Waals surface area contributed by atoms with Crippen molar-refractivity contribution in [3.63, 3.8) is 0 Å². The average Bonchev–Trinajstić information content (AvgIpc) is 3.23. The Hall–Kier alpha value is -2.25. The molecule has 7 nitrogen and oxygen atoms in total. The van der Waals surface area contributed by atoms with Crippen LogP contribution < -0.4 is 11.1 Å². The number of oxazole rings is 1. The molecule has 26 heavy (non-hydrogen) atoms. The number of hydrogen-bond donors (Lipinski definition) is 2. The summed E-state index contributed by atoms with van der Waals surface area (Å²) in [6.07, 6.45) is 9.78. The van der Waals surface area contributed by atoms with E-state index < -0.39 is 0 Å². The van der Waals surface area contributed by atoms with Gasteiger partial charge >= 0.3 is 0 Å². The third-order valence-corrected chi connectivity index (χ3v) is 5.06. The second-order valence-corrected chi connectivity index (χ2v) is 7.03. The second-order valence-electron chi connectivity index (χ2n) is 7.03. The van der Waals surface area contributed by atoms with E-state index in [4.69, 9.17) is 20.1 Å². The van der Waals surface area contributed by atoms with Gasteiger partial charge in [-0.25, -0.2) is 15.0 Å². The number of piperidine rings is 1. The molecule has 138 valence electrons. The van der Waals surface area contributed by atoms with Gasteiger partial charge in [0.25, 0.3) is 0 Å². The summed E-state index contributed by atoms with van der Waals surface area (Å²) < 4.78 is 5.62. The number of nitrogens with two attached hydrogens (primary N) is 1. The summed E-state index contributed by atoms with van der Waals surface area (Å²) in [6, 6.07) is 0.338. The van der Waals surface area contributed by atoms with Gasteiger partial charge in [0, 0.05) is 45.9 Å². The Morgan fingerprint density at radius 2 is 2.23 bits per heavy atom. The average molecular weight is 354 g/mol. The Kier molecular flexibility index (Phi) is 4.99. The maximum absolute atomic E-state index is 5.64. The molecule has 0 amide bonds. The quantitative estimate of drug-likeness (QED) is 0.837. The van der Waals surface area contributed by atoms with E-state index in [0.29, 0.717) is 18.4 Å². The molecule has 3 aliphatic rings. The van der Waals surface area contributed by atoms with Crippen LogP contribution in [0.15, 0.2) is 44.0 Å². The van der Waals surface area contributed by atoms with Crippen LogP contribution in [0, 0.1) is 6.92 Å². The first-order chi connectivity index (χ1) is 12.7. The highest BCUT2D eigenvalue weighted by atomic mass is 16.3. The maximum Gasteiger partial charge on any atom is 0.223 e. The van der Waals surface area contributed by atoms with Crippen LogP contribution in [-0.4, -0.2) is 53.8 Å². The number of nitrogens with one attached hydrogen (secondary N) is 1. The zero-order valence-electron chi connectivity index (χ0n) is 15.2. The molecule has 0 unspecified atom stereocenters. The van der Waals surface area contributed by atoms with E-state index in [1.54, 1.807) is 6.20 Å². The molecule has 0 radical (unpaired) electrons. The predicted molar refractivity (Wildman–Crippen MR) is 102 cm³/mol. The lowest BCUT2D eigenvalue weighted by Gasteiger charge is -2.29. The van der Waals surface area contributed by atoms with E-state index >= 15 is 0 Å². The number of hydrogen-bond acceptors (Lipinski definition) is 5. The number of fused-ring (bicyclic) bond motifs is 1. The smallest absolute Gasteiger partial charge is 0.223 e. The van der Waals surface area contributed by atoms with E-state index in [1.807, 2.05) is 6.92 Å². The molecule has 0 bridgehead atoms. The molecule has 0 saturated carbocycles. The third-order valence-electron chi connectivity index (χ3n) is 5.06. The number of aromatic nitrogens is 1. The number of allylic oxidation sites excluding steroid dienone is 4. The number of aryl methyl sites for hydroxylation is 1. The van der Waals surface area contributed by atoms with E-state index in [-0.39, 0.29) is 0 Å². The first-order valence-corrected chi connectivity index (χ1v) is 9.37. The maximum atomic E-state index is 5.64. The Morgan fingerprint density at radius 3 is 2.96 bits per heavy atom. The molecule has 1 fully saturated rings. The van der Waals surface area contributed by atoms with Crippen molar-refractivity contribution in [2.45, 2.75) is 38.6 Å². The van der Waals surface area contributed by atoms with Gasteiger partial charge in [-0.2, -0.15) is 0 Å². The monoisotopic (exact) mass is 354 g/mol. The van der Waals surface area contributed by atoms with Gasteiger partial charge < -0.3 is 20.4 Å². The summed E-state index contributed by atoms with van der Waals surface area (Å²) in [5.41, 5.74) is 8.97. The fourth-order valence-electron chi connectivity index (χ4n) is 3.72. The first kappa shape index (κ1) is 17.2. The fourth-order valence-corrected chi connectivity index (χ4v) is 3.72. The Balaban J connectivity index is 1.44. The van der Waals surface area contributed by atoms with E-state index in [1.165, 1.54) is 5.57 Å². The van der Waals surface area contributed by atoms with Gasteiger partial charge in [0.15, 0.2) is 5.89 Å². The molecule has 0 spiro atoms. The highest BCUT2D eigenvalue weighted by Gasteiger charge is 2.25. The Labute approximate surface area is 153 Å². The van der Waals surface area contributed by atoms with Crippen LogP contribution in [-0.2, 0) is 6.42 Å². The number of guanidine groups is 1. The molecule has 2 aliphatic heterocycles. The highest BCUT2D eigenvalue weighted by molar-refractivity contribution is 6.15. The Morgan fingerprint density at radius 1 is 1.38 bits per heavy atom. The molecular formula is C19H26N6O. The van der Waals surface area contributed by atoms with Crippen LogP contribution in [0.3, 0.4) is 0 Å². The highest BCUT2D eigenvalue weighted by Crippen LogP contribution is 2.23. The lowest BCUT2D eigenvalue weighted by Crippen LogP contribution is -2.38. The van der Waals surface area contributed by atoms with Crippen LogP contribution in [0.25, 0.3) is 0 Å². The van der Waals surface area contributed by atoms with Crippen molar-refractivity contribution in [3.05, 3.63) is 41.3 Å². The number of nitrogens with zero attached hydrogens (tertiary/aromatic N) is 4. The second kappa shape index (κ2) is 7.55. The molecule has 7 heteroatoms. The molecule has 1 aliphatic carbocycles. The Bertz CT molecular complexity index is 780. The van der Waals surface area contributed by atoms with Gasteiger partial charge in [0.05, 0.1) is 23.6 Å². The summed E-state index contributed by atoms with van der Waals surface area (Å²) in [6.45, 7) is 5.70. The lowest BCUT2D eigenvalue weighted by atomic mass is 9.99. The molecule has 0 atom stereocenters. The number of rotatable bonds is 5. The van der Waals surface area contributed by atoms with Gasteiger partial charge in [-0.3, -0.25) is 0 Å². The van der Waals surface area contributed by atoms with Crippen molar-refractivity contribution in [1.29, 1.82) is 0 Å². The van der Waals surface area contributed by atoms with Crippen LogP contribution in [0.4, 0.5) is 0 Å². The summed E-state index contributed by atoms with van der Waals surface area (Å²) in [4.78, 5) is 16.2. The van der Waals surface area contributed by atoms with Crippen molar-refractivity contribution in [2.24, 2.45) is 15.7 Å². The van der Waals surface area contributed by atoms with Crippen LogP contribution in [0.1, 0.15) is 30.9 Å². The van der Waals surface area contributed by atoms with Crippen molar-refractivity contribution >= 4 is 11.7 Å². The van der Waals surface area contributed by atoms with Gasteiger partial charge in [0.2, 0.25) is 5.96 Å². The molecule has 4 rings (SSSR count). The van der Waals surface area contributed by atoms with Gasteiger partial charge in [-0.15, -0.1) is 0 Å². The number of aliphatic imine (C=N–C) groups is 2. The topological polar surface area (TPSA) is 92.0 Å². The normalized spacial score (nSPS) is 22.7. The minimum atomic E-state index is 0.338. The van der Waals surface area contributed by atoms with Crippen molar-refractivity contribution in [1.82, 2.24) is 15.2 Å². The molecule has 1 aromatic heterocycles. The van der Waals surface area contributed by atoms with Gasteiger partial charge in [0.1, 0.15) is 5.76 Å². The minimum Gasteiger partial charge on any atom is -0.446 e. The standard InChI is InChI=1S/C19H26N6O/c1-13-21-12-16(26-13)11-14-3-2-4-17-18(14)24-19(23-17)22-15-5-8-25(9-6-15)10-7-20/h2-3,12,15H,4-11,20H2,1H3,(H,22,24). The molecule has 1 aromatic rings. The molecule has 3 N–H and O–H groups in total. The van der Waals surface area contributed by atoms with Crippen LogP contribution >= 0.6 is 0 Å². The molecule has 1 saturated heterocycles. The third kappa shape index (κ3) is 3.78. The fraction of sp³-hybridized carbons (Fsp3) is 0.526. The van der Waals surface area contributed by atoms with Gasteiger partial charge in [-0.1, -0.05) is 12.2 Å². The molecule has 3 heterocycles. The zero-order chi connectivity index (χ0) is 17.9. The molecular weight excluding hydrogens is 328 g/mol. The largest absolute Gasteiger partial charge is 0.446 e. The van der Waals surface area contributed by atoms with E-state index in [0.717, 1.165) is 68.6 Å². The minimum absolute atomic E-state index is 0.338. The summed E-state index contributed by atoms with van der Waals surface area (Å²) >= 11 is 0. The van der Waals surface area contributed by atoms with Crippen LogP contribution in [0.5, 0.6) is 0 Å². The van der Waals surface area contributed by atoms with Crippen molar-refractivity contribution in [3.8, 4) is 0 Å². The first-order valence-electron chi connectivity index (χ1n) is 9.37. The van der Waals surface area contributed by atoms with Crippen molar-refractivity contribution in [2.75, 3.05) is 26.2 Å². The van der Waals surface area contributed by atoms with Crippen molar-refractivity contribution < 1.29 is 4.42 Å². The lowest BCUT2D eigenvalue weighted by molar-refractivity contribution is 0.219.